The van der Waals surface area contributed by atoms with Crippen molar-refractivity contribution in [1.29, 1.82) is 0 Å². The molecular formula is C23H34O. The Bertz CT molecular complexity index is 497. The van der Waals surface area contributed by atoms with Crippen LogP contribution in [0.25, 0.3) is 0 Å². The van der Waals surface area contributed by atoms with Gasteiger partial charge in [0.1, 0.15) is 5.75 Å². The van der Waals surface area contributed by atoms with Crippen LogP contribution in [0.1, 0.15) is 70.3 Å². The lowest BCUT2D eigenvalue weighted by Gasteiger charge is -2.02. The monoisotopic (exact) mass is 326 g/mol. The molecule has 0 radical (unpaired) electrons. The molecule has 1 nitrogen and oxygen atoms in total. The third kappa shape index (κ3) is 11.8. The number of benzene rings is 1. The van der Waals surface area contributed by atoms with Crippen molar-refractivity contribution in [1.82, 2.24) is 0 Å². The van der Waals surface area contributed by atoms with Crippen molar-refractivity contribution >= 4 is 0 Å². The van der Waals surface area contributed by atoms with Gasteiger partial charge in [0.2, 0.25) is 0 Å². The highest BCUT2D eigenvalue weighted by molar-refractivity contribution is 5.27. The van der Waals surface area contributed by atoms with Crippen LogP contribution in [0, 0.1) is 0 Å². The maximum Gasteiger partial charge on any atom is 0.115 e. The summed E-state index contributed by atoms with van der Waals surface area (Å²) in [5.74, 6) is 0.381. The summed E-state index contributed by atoms with van der Waals surface area (Å²) in [5, 5.41) is 9.42. The van der Waals surface area contributed by atoms with E-state index in [-0.39, 0.29) is 0 Å². The summed E-state index contributed by atoms with van der Waals surface area (Å²) < 4.78 is 0. The molecule has 0 saturated carbocycles. The van der Waals surface area contributed by atoms with E-state index in [1.54, 1.807) is 6.07 Å². The molecule has 0 aliphatic carbocycles. The Morgan fingerprint density at radius 3 is 2.46 bits per heavy atom. The first-order chi connectivity index (χ1) is 11.8. The molecule has 0 aliphatic rings. The number of phenolic OH excluding ortho intramolecular Hbond substituents is 1. The van der Waals surface area contributed by atoms with Crippen LogP contribution < -0.4 is 0 Å². The van der Waals surface area contributed by atoms with E-state index in [0.29, 0.717) is 5.75 Å². The van der Waals surface area contributed by atoms with Gasteiger partial charge in [-0.15, -0.1) is 0 Å². The average molecular weight is 327 g/mol. The van der Waals surface area contributed by atoms with Crippen LogP contribution in [-0.2, 0) is 6.42 Å². The molecular weight excluding hydrogens is 292 g/mol. The van der Waals surface area contributed by atoms with Gasteiger partial charge < -0.3 is 5.11 Å². The summed E-state index contributed by atoms with van der Waals surface area (Å²) >= 11 is 0. The second-order valence-electron chi connectivity index (χ2n) is 6.33. The standard InChI is InChI=1S/C23H34O/c1-2-3-4-5-6-7-8-9-10-11-12-13-14-15-16-18-22-19-17-20-23(24)21-22/h4-7,9-10,17,19-21,24H,2-3,8,11-16,18H2,1H3/b5-4+,7-6-,10-9-. The Morgan fingerprint density at radius 2 is 1.62 bits per heavy atom. The van der Waals surface area contributed by atoms with Crippen LogP contribution >= 0.6 is 0 Å². The van der Waals surface area contributed by atoms with Crippen LogP contribution in [0.4, 0.5) is 0 Å². The van der Waals surface area contributed by atoms with Gasteiger partial charge in [0.25, 0.3) is 0 Å². The van der Waals surface area contributed by atoms with Crippen molar-refractivity contribution in [2.24, 2.45) is 0 Å². The lowest BCUT2D eigenvalue weighted by molar-refractivity contribution is 0.474. The lowest BCUT2D eigenvalue weighted by atomic mass is 10.0. The molecule has 0 heterocycles. The number of allylic oxidation sites excluding steroid dienone is 6. The second kappa shape index (κ2) is 14.8. The second-order valence-corrected chi connectivity index (χ2v) is 6.33. The summed E-state index contributed by atoms with van der Waals surface area (Å²) in [6.45, 7) is 2.20. The molecule has 1 aromatic carbocycles. The summed E-state index contributed by atoms with van der Waals surface area (Å²) in [6, 6.07) is 7.63. The summed E-state index contributed by atoms with van der Waals surface area (Å²) in [5.41, 5.74) is 1.25. The van der Waals surface area contributed by atoms with Gasteiger partial charge in [-0.1, -0.05) is 81.2 Å². The van der Waals surface area contributed by atoms with E-state index < -0.39 is 0 Å². The van der Waals surface area contributed by atoms with E-state index in [1.165, 1.54) is 56.9 Å². The zero-order chi connectivity index (χ0) is 17.3. The molecule has 0 aromatic heterocycles. The fraction of sp³-hybridized carbons (Fsp3) is 0.478. The molecule has 132 valence electrons. The van der Waals surface area contributed by atoms with Gasteiger partial charge in [0, 0.05) is 0 Å². The quantitative estimate of drug-likeness (QED) is 0.232. The molecule has 1 aromatic rings. The van der Waals surface area contributed by atoms with E-state index in [1.807, 2.05) is 12.1 Å². The highest BCUT2D eigenvalue weighted by atomic mass is 16.3. The highest BCUT2D eigenvalue weighted by Gasteiger charge is 1.95. The predicted octanol–water partition coefficient (Wildman–Crippen LogP) is 7.13. The molecule has 1 rings (SSSR count). The Morgan fingerprint density at radius 1 is 0.833 bits per heavy atom. The Kier molecular flexibility index (Phi) is 12.5. The zero-order valence-electron chi connectivity index (χ0n) is 15.3. The topological polar surface area (TPSA) is 20.2 Å². The number of hydrogen-bond acceptors (Lipinski definition) is 1. The normalized spacial score (nSPS) is 12.0. The van der Waals surface area contributed by atoms with Crippen LogP contribution in [0.2, 0.25) is 0 Å². The van der Waals surface area contributed by atoms with E-state index in [0.717, 1.165) is 12.8 Å². The Labute approximate surface area is 148 Å². The maximum absolute atomic E-state index is 9.42. The fourth-order valence-electron chi connectivity index (χ4n) is 2.62. The molecule has 0 saturated heterocycles. The van der Waals surface area contributed by atoms with Gasteiger partial charge in [0.05, 0.1) is 0 Å². The SMILES string of the molecule is CCC/C=C/C=C\C/C=C\CCCCCCCc1cccc(O)c1. The number of hydrogen-bond donors (Lipinski definition) is 1. The molecule has 0 spiro atoms. The van der Waals surface area contributed by atoms with Gasteiger partial charge >= 0.3 is 0 Å². The van der Waals surface area contributed by atoms with Crippen molar-refractivity contribution in [2.45, 2.75) is 71.1 Å². The minimum atomic E-state index is 0.381. The molecule has 1 N–H and O–H groups in total. The minimum Gasteiger partial charge on any atom is -0.508 e. The molecule has 0 bridgehead atoms. The van der Waals surface area contributed by atoms with Crippen LogP contribution in [0.15, 0.2) is 60.7 Å². The first kappa shape index (κ1) is 20.3. The largest absolute Gasteiger partial charge is 0.508 e. The molecule has 0 fully saturated rings. The molecule has 0 atom stereocenters. The third-order valence-electron chi connectivity index (χ3n) is 4.02. The van der Waals surface area contributed by atoms with Gasteiger partial charge in [-0.25, -0.2) is 0 Å². The zero-order valence-corrected chi connectivity index (χ0v) is 15.3. The number of rotatable bonds is 13. The minimum absolute atomic E-state index is 0.381. The van der Waals surface area contributed by atoms with Crippen LogP contribution in [0.3, 0.4) is 0 Å². The molecule has 0 aliphatic heterocycles. The first-order valence-corrected chi connectivity index (χ1v) is 9.57. The van der Waals surface area contributed by atoms with Crippen LogP contribution in [0.5, 0.6) is 5.75 Å². The molecule has 0 amide bonds. The first-order valence-electron chi connectivity index (χ1n) is 9.57. The number of aryl methyl sites for hydroxylation is 1. The van der Waals surface area contributed by atoms with Gasteiger partial charge in [-0.05, 0) is 56.2 Å². The number of phenols is 1. The Hall–Kier alpha value is -1.76. The van der Waals surface area contributed by atoms with Crippen molar-refractivity contribution in [3.63, 3.8) is 0 Å². The van der Waals surface area contributed by atoms with Crippen molar-refractivity contribution in [3.8, 4) is 5.75 Å². The predicted molar refractivity (Wildman–Crippen MR) is 106 cm³/mol. The van der Waals surface area contributed by atoms with Gasteiger partial charge in [-0.3, -0.25) is 0 Å². The Balaban J connectivity index is 1.90. The van der Waals surface area contributed by atoms with E-state index in [2.05, 4.69) is 49.4 Å². The number of unbranched alkanes of at least 4 members (excludes halogenated alkanes) is 6. The summed E-state index contributed by atoms with van der Waals surface area (Å²) in [6.07, 6.45) is 25.5. The number of aromatic hydroxyl groups is 1. The lowest BCUT2D eigenvalue weighted by Crippen LogP contribution is -1.86. The van der Waals surface area contributed by atoms with E-state index >= 15 is 0 Å². The third-order valence-corrected chi connectivity index (χ3v) is 4.02. The average Bonchev–Trinajstić information content (AvgIpc) is 2.58. The van der Waals surface area contributed by atoms with Crippen LogP contribution in [-0.4, -0.2) is 5.11 Å². The van der Waals surface area contributed by atoms with Crippen molar-refractivity contribution < 1.29 is 5.11 Å². The van der Waals surface area contributed by atoms with Crippen molar-refractivity contribution in [3.05, 3.63) is 66.3 Å². The smallest absolute Gasteiger partial charge is 0.115 e. The van der Waals surface area contributed by atoms with Crippen molar-refractivity contribution in [2.75, 3.05) is 0 Å². The molecule has 24 heavy (non-hydrogen) atoms. The molecule has 0 unspecified atom stereocenters. The van der Waals surface area contributed by atoms with E-state index in [4.69, 9.17) is 0 Å². The highest BCUT2D eigenvalue weighted by Crippen LogP contribution is 2.14. The van der Waals surface area contributed by atoms with E-state index in [9.17, 15) is 5.11 Å². The van der Waals surface area contributed by atoms with Gasteiger partial charge in [0.15, 0.2) is 0 Å². The molecule has 1 heteroatoms. The fourth-order valence-corrected chi connectivity index (χ4v) is 2.62. The maximum atomic E-state index is 9.42. The summed E-state index contributed by atoms with van der Waals surface area (Å²) in [4.78, 5) is 0. The van der Waals surface area contributed by atoms with Gasteiger partial charge in [-0.2, -0.15) is 0 Å². The summed E-state index contributed by atoms with van der Waals surface area (Å²) in [7, 11) is 0.